The van der Waals surface area contributed by atoms with Gasteiger partial charge in [-0.2, -0.15) is 5.10 Å². The molecule has 4 rings (SSSR count). The quantitative estimate of drug-likeness (QED) is 0.659. The summed E-state index contributed by atoms with van der Waals surface area (Å²) in [6, 6.07) is 15.2. The summed E-state index contributed by atoms with van der Waals surface area (Å²) in [6.45, 7) is 3.68. The van der Waals surface area contributed by atoms with Gasteiger partial charge in [-0.05, 0) is 61.7 Å². The fourth-order valence-corrected chi connectivity index (χ4v) is 3.40. The van der Waals surface area contributed by atoms with E-state index in [0.717, 1.165) is 43.0 Å². The van der Waals surface area contributed by atoms with E-state index in [0.29, 0.717) is 0 Å². The summed E-state index contributed by atoms with van der Waals surface area (Å²) in [6.07, 6.45) is 6.07. The highest BCUT2D eigenvalue weighted by atomic mass is 15.3. The van der Waals surface area contributed by atoms with Crippen LogP contribution < -0.4 is 16.4 Å². The number of aryl methyl sites for hydroxylation is 2. The van der Waals surface area contributed by atoms with Crippen molar-refractivity contribution in [3.8, 4) is 5.69 Å². The van der Waals surface area contributed by atoms with E-state index in [2.05, 4.69) is 71.3 Å². The molecule has 2 heterocycles. The minimum Gasteiger partial charge on any atom is -0.381 e. The van der Waals surface area contributed by atoms with Crippen LogP contribution in [0.3, 0.4) is 0 Å². The lowest BCUT2D eigenvalue weighted by Gasteiger charge is -2.28. The van der Waals surface area contributed by atoms with E-state index in [4.69, 9.17) is 5.73 Å². The van der Waals surface area contributed by atoms with Gasteiger partial charge in [-0.25, -0.2) is 4.68 Å². The molecule has 3 aromatic rings. The molecule has 2 aromatic carbocycles. The highest BCUT2D eigenvalue weighted by molar-refractivity contribution is 5.72. The molecule has 0 saturated carbocycles. The zero-order valence-electron chi connectivity index (χ0n) is 15.1. The molecule has 26 heavy (non-hydrogen) atoms. The van der Waals surface area contributed by atoms with E-state index in [1.54, 1.807) is 0 Å². The minimum atomic E-state index is 0.207. The first-order chi connectivity index (χ1) is 12.7. The third-order valence-corrected chi connectivity index (χ3v) is 4.85. The third-order valence-electron chi connectivity index (χ3n) is 4.85. The second kappa shape index (κ2) is 7.22. The highest BCUT2D eigenvalue weighted by Gasteiger charge is 2.20. The van der Waals surface area contributed by atoms with Crippen molar-refractivity contribution in [1.82, 2.24) is 9.78 Å². The van der Waals surface area contributed by atoms with Gasteiger partial charge in [0.1, 0.15) is 0 Å². The van der Waals surface area contributed by atoms with Gasteiger partial charge in [-0.3, -0.25) is 0 Å². The van der Waals surface area contributed by atoms with Crippen LogP contribution in [0, 0.1) is 6.92 Å². The summed E-state index contributed by atoms with van der Waals surface area (Å²) >= 11 is 0. The maximum Gasteiger partial charge on any atom is 0.0718 e. The number of nitrogens with one attached hydrogen (secondary N) is 2. The summed E-state index contributed by atoms with van der Waals surface area (Å²) in [7, 11) is 0. The molecule has 1 atom stereocenters. The molecule has 0 radical (unpaired) electrons. The average molecular weight is 347 g/mol. The van der Waals surface area contributed by atoms with Crippen molar-refractivity contribution < 1.29 is 0 Å². The monoisotopic (exact) mass is 347 g/mol. The molecule has 1 unspecified atom stereocenters. The van der Waals surface area contributed by atoms with E-state index in [1.165, 1.54) is 16.7 Å². The predicted octanol–water partition coefficient (Wildman–Crippen LogP) is 3.65. The molecule has 0 bridgehead atoms. The normalized spacial score (nSPS) is 15.8. The van der Waals surface area contributed by atoms with Crippen LogP contribution in [0.2, 0.25) is 0 Å². The van der Waals surface area contributed by atoms with Gasteiger partial charge in [0.2, 0.25) is 0 Å². The number of nitrogens with zero attached hydrogens (tertiary/aromatic N) is 2. The van der Waals surface area contributed by atoms with Crippen LogP contribution in [0.25, 0.3) is 5.69 Å². The van der Waals surface area contributed by atoms with Crippen molar-refractivity contribution >= 4 is 11.4 Å². The van der Waals surface area contributed by atoms with Gasteiger partial charge >= 0.3 is 0 Å². The van der Waals surface area contributed by atoms with E-state index in [1.807, 2.05) is 10.9 Å². The molecule has 0 aliphatic carbocycles. The Labute approximate surface area is 154 Å². The van der Waals surface area contributed by atoms with Gasteiger partial charge in [-0.1, -0.05) is 18.2 Å². The van der Waals surface area contributed by atoms with Gasteiger partial charge in [0.15, 0.2) is 0 Å². The predicted molar refractivity (Wildman–Crippen MR) is 107 cm³/mol. The van der Waals surface area contributed by atoms with Gasteiger partial charge in [-0.15, -0.1) is 0 Å². The number of hydrogen-bond donors (Lipinski definition) is 3. The van der Waals surface area contributed by atoms with Crippen LogP contribution in [0.15, 0.2) is 54.9 Å². The van der Waals surface area contributed by atoms with Crippen LogP contribution in [-0.4, -0.2) is 22.9 Å². The molecule has 5 heteroatoms. The Morgan fingerprint density at radius 3 is 3.00 bits per heavy atom. The topological polar surface area (TPSA) is 67.9 Å². The SMILES string of the molecule is Cc1ccc2c(c1)NC(c1cnn(-c3cccc(CCCN)c3)c1)CN2. The Hall–Kier alpha value is -2.79. The summed E-state index contributed by atoms with van der Waals surface area (Å²) in [5.74, 6) is 0. The lowest BCUT2D eigenvalue weighted by atomic mass is 10.1. The lowest BCUT2D eigenvalue weighted by Crippen LogP contribution is -2.25. The number of fused-ring (bicyclic) bond motifs is 1. The fraction of sp³-hybridized carbons (Fsp3) is 0.286. The number of anilines is 2. The van der Waals surface area contributed by atoms with E-state index < -0.39 is 0 Å². The largest absolute Gasteiger partial charge is 0.381 e. The Bertz CT molecular complexity index is 899. The molecule has 5 nitrogen and oxygen atoms in total. The molecule has 0 spiro atoms. The Morgan fingerprint density at radius 1 is 1.19 bits per heavy atom. The summed E-state index contributed by atoms with van der Waals surface area (Å²) in [5.41, 5.74) is 12.8. The lowest BCUT2D eigenvalue weighted by molar-refractivity contribution is 0.801. The summed E-state index contributed by atoms with van der Waals surface area (Å²) < 4.78 is 1.95. The third kappa shape index (κ3) is 3.44. The second-order valence-corrected chi connectivity index (χ2v) is 6.91. The van der Waals surface area contributed by atoms with Crippen molar-refractivity contribution in [2.45, 2.75) is 25.8 Å². The minimum absolute atomic E-state index is 0.207. The molecular weight excluding hydrogens is 322 g/mol. The zero-order valence-corrected chi connectivity index (χ0v) is 15.1. The molecule has 1 aliphatic heterocycles. The highest BCUT2D eigenvalue weighted by Crippen LogP contribution is 2.32. The Morgan fingerprint density at radius 2 is 2.12 bits per heavy atom. The Balaban J connectivity index is 1.53. The molecule has 0 saturated heterocycles. The van der Waals surface area contributed by atoms with Crippen molar-refractivity contribution in [2.75, 3.05) is 23.7 Å². The standard InChI is InChI=1S/C21H25N5/c1-15-7-8-19-20(10-15)25-21(13-23-19)17-12-24-26(14-17)18-6-2-4-16(11-18)5-3-9-22/h2,4,6-8,10-12,14,21,23,25H,3,5,9,13,22H2,1H3. The number of aromatic nitrogens is 2. The molecule has 1 aromatic heterocycles. The number of hydrogen-bond acceptors (Lipinski definition) is 4. The maximum absolute atomic E-state index is 5.62. The van der Waals surface area contributed by atoms with Crippen molar-refractivity contribution in [2.24, 2.45) is 5.73 Å². The summed E-state index contributed by atoms with van der Waals surface area (Å²) in [5, 5.41) is 11.7. The first-order valence-corrected chi connectivity index (χ1v) is 9.18. The maximum atomic E-state index is 5.62. The molecule has 4 N–H and O–H groups in total. The van der Waals surface area contributed by atoms with Gasteiger partial charge in [0, 0.05) is 18.3 Å². The Kier molecular flexibility index (Phi) is 4.63. The summed E-state index contributed by atoms with van der Waals surface area (Å²) in [4.78, 5) is 0. The second-order valence-electron chi connectivity index (χ2n) is 6.91. The van der Waals surface area contributed by atoms with Gasteiger partial charge in [0.25, 0.3) is 0 Å². The van der Waals surface area contributed by atoms with Crippen LogP contribution in [-0.2, 0) is 6.42 Å². The van der Waals surface area contributed by atoms with Gasteiger partial charge in [0.05, 0.1) is 29.3 Å². The van der Waals surface area contributed by atoms with E-state index >= 15 is 0 Å². The van der Waals surface area contributed by atoms with Crippen LogP contribution in [0.1, 0.15) is 29.2 Å². The number of rotatable bonds is 5. The van der Waals surface area contributed by atoms with Crippen LogP contribution >= 0.6 is 0 Å². The number of nitrogens with two attached hydrogens (primary N) is 1. The van der Waals surface area contributed by atoms with Crippen molar-refractivity contribution in [3.63, 3.8) is 0 Å². The fourth-order valence-electron chi connectivity index (χ4n) is 3.40. The zero-order chi connectivity index (χ0) is 17.9. The molecular formula is C21H25N5. The smallest absolute Gasteiger partial charge is 0.0718 e. The molecule has 134 valence electrons. The average Bonchev–Trinajstić information content (AvgIpc) is 3.16. The van der Waals surface area contributed by atoms with Crippen molar-refractivity contribution in [1.29, 1.82) is 0 Å². The van der Waals surface area contributed by atoms with E-state index in [9.17, 15) is 0 Å². The van der Waals surface area contributed by atoms with Gasteiger partial charge < -0.3 is 16.4 Å². The van der Waals surface area contributed by atoms with Crippen molar-refractivity contribution in [3.05, 3.63) is 71.5 Å². The van der Waals surface area contributed by atoms with Crippen LogP contribution in [0.4, 0.5) is 11.4 Å². The molecule has 0 amide bonds. The van der Waals surface area contributed by atoms with E-state index in [-0.39, 0.29) is 6.04 Å². The first-order valence-electron chi connectivity index (χ1n) is 9.18. The molecule has 0 fully saturated rings. The first kappa shape index (κ1) is 16.7. The molecule has 1 aliphatic rings. The number of benzene rings is 2. The van der Waals surface area contributed by atoms with Crippen LogP contribution in [0.5, 0.6) is 0 Å².